The van der Waals surface area contributed by atoms with Gasteiger partial charge >= 0.3 is 12.1 Å². The quantitative estimate of drug-likeness (QED) is 0.296. The Hall–Kier alpha value is -3.56. The Kier molecular flexibility index (Phi) is 6.55. The van der Waals surface area contributed by atoms with Crippen LogP contribution in [0.25, 0.3) is 0 Å². The molecule has 2 N–H and O–H groups in total. The van der Waals surface area contributed by atoms with Gasteiger partial charge in [0.15, 0.2) is 10.7 Å². The third-order valence-corrected chi connectivity index (χ3v) is 4.21. The lowest BCUT2D eigenvalue weighted by molar-refractivity contribution is -0.138. The lowest BCUT2D eigenvalue weighted by Gasteiger charge is -2.11. The van der Waals surface area contributed by atoms with Crippen molar-refractivity contribution < 1.29 is 24.3 Å². The van der Waals surface area contributed by atoms with Crippen LogP contribution in [0.3, 0.4) is 0 Å². The molecule has 0 bridgehead atoms. The van der Waals surface area contributed by atoms with E-state index in [1.807, 2.05) is 12.1 Å². The predicted molar refractivity (Wildman–Crippen MR) is 108 cm³/mol. The van der Waals surface area contributed by atoms with Gasteiger partial charge in [0.1, 0.15) is 6.61 Å². The summed E-state index contributed by atoms with van der Waals surface area (Å²) >= 11 is 0. The van der Waals surface area contributed by atoms with Crippen LogP contribution in [-0.4, -0.2) is 37.0 Å². The highest BCUT2D eigenvalue weighted by atomic mass is 16.6. The molecule has 9 heteroatoms. The van der Waals surface area contributed by atoms with Crippen LogP contribution in [0.4, 0.5) is 10.5 Å². The Bertz CT molecular complexity index is 1070. The van der Waals surface area contributed by atoms with Gasteiger partial charge in [-0.1, -0.05) is 30.8 Å². The first-order chi connectivity index (χ1) is 14.4. The summed E-state index contributed by atoms with van der Waals surface area (Å²) in [6, 6.07) is 14.4. The van der Waals surface area contributed by atoms with Gasteiger partial charge in [0.2, 0.25) is 5.69 Å². The van der Waals surface area contributed by atoms with E-state index in [0.29, 0.717) is 28.4 Å². The number of rotatable bonds is 8. The minimum atomic E-state index is -0.880. The van der Waals surface area contributed by atoms with Crippen LogP contribution in [0.15, 0.2) is 70.9 Å². The number of carbonyl (C=O) groups excluding carboxylic acids is 2. The first kappa shape index (κ1) is 21.2. The number of para-hydroxylation sites is 1. The van der Waals surface area contributed by atoms with Gasteiger partial charge < -0.3 is 14.8 Å². The number of hydrogen-bond acceptors (Lipinski definition) is 7. The second-order valence-corrected chi connectivity index (χ2v) is 6.66. The van der Waals surface area contributed by atoms with Gasteiger partial charge in [-0.15, -0.1) is 0 Å². The first-order valence-electron chi connectivity index (χ1n) is 9.37. The smallest absolute Gasteiger partial charge is 0.407 e. The lowest BCUT2D eigenvalue weighted by Crippen LogP contribution is -2.32. The van der Waals surface area contributed by atoms with Crippen LogP contribution >= 0.6 is 0 Å². The fourth-order valence-corrected chi connectivity index (χ4v) is 2.69. The molecule has 0 saturated carbocycles. The predicted octanol–water partition coefficient (Wildman–Crippen LogP) is 1.55. The molecule has 1 heterocycles. The third kappa shape index (κ3) is 5.28. The number of esters is 1. The molecule has 0 saturated heterocycles. The number of amides is 1. The van der Waals surface area contributed by atoms with E-state index >= 15 is 0 Å². The highest BCUT2D eigenvalue weighted by Gasteiger charge is 2.32. The van der Waals surface area contributed by atoms with Crippen molar-refractivity contribution in [2.45, 2.75) is 13.3 Å². The molecule has 156 valence electrons. The van der Waals surface area contributed by atoms with Crippen molar-refractivity contribution in [2.75, 3.05) is 19.8 Å². The molecule has 30 heavy (non-hydrogen) atoms. The van der Waals surface area contributed by atoms with Gasteiger partial charge in [-0.05, 0) is 34.8 Å². The van der Waals surface area contributed by atoms with Crippen molar-refractivity contribution in [1.29, 1.82) is 0 Å². The Labute approximate surface area is 173 Å². The van der Waals surface area contributed by atoms with Crippen LogP contribution in [0, 0.1) is 0 Å². The van der Waals surface area contributed by atoms with Crippen molar-refractivity contribution in [1.82, 2.24) is 10.2 Å². The molecule has 1 aliphatic heterocycles. The summed E-state index contributed by atoms with van der Waals surface area (Å²) in [7, 11) is 0. The lowest BCUT2D eigenvalue weighted by atomic mass is 10.1. The first-order valence-corrected chi connectivity index (χ1v) is 9.37. The van der Waals surface area contributed by atoms with Crippen LogP contribution < -0.4 is 20.9 Å². The second kappa shape index (κ2) is 9.29. The third-order valence-electron chi connectivity index (χ3n) is 4.21. The summed E-state index contributed by atoms with van der Waals surface area (Å²) in [6.07, 6.45) is -0.130. The van der Waals surface area contributed by atoms with E-state index in [2.05, 4.69) is 22.1 Å². The molecule has 2 aromatic rings. The summed E-state index contributed by atoms with van der Waals surface area (Å²) in [6.45, 7) is 5.36. The number of quaternary nitrogens is 1. The number of nitrogens with one attached hydrogen (secondary N) is 1. The van der Waals surface area contributed by atoms with Crippen molar-refractivity contribution in [2.24, 2.45) is 10.2 Å². The fourth-order valence-electron chi connectivity index (χ4n) is 2.69. The molecule has 9 nitrogen and oxygen atoms in total. The molecule has 2 aromatic carbocycles. The summed E-state index contributed by atoms with van der Waals surface area (Å²) in [5.41, 5.74) is 1.72. The maximum absolute atomic E-state index is 11.7. The van der Waals surface area contributed by atoms with E-state index in [1.165, 1.54) is 0 Å². The minimum Gasteiger partial charge on any atom is -0.460 e. The van der Waals surface area contributed by atoms with Crippen molar-refractivity contribution in [3.8, 4) is 0 Å². The van der Waals surface area contributed by atoms with Gasteiger partial charge in [-0.2, -0.15) is 5.21 Å². The number of alkyl carbamates (subject to hydrolysis) is 1. The van der Waals surface area contributed by atoms with Crippen LogP contribution in [0.1, 0.15) is 12.5 Å². The fraction of sp³-hybridized carbons (Fsp3) is 0.238. The van der Waals surface area contributed by atoms with Gasteiger partial charge in [0.05, 0.1) is 18.0 Å². The number of nitrogens with zero attached hydrogens (tertiary/aromatic N) is 3. The monoisotopic (exact) mass is 411 g/mol. The molecule has 0 spiro atoms. The number of benzene rings is 2. The number of carbonyl (C=O) groups is 2. The molecule has 1 amide bonds. The maximum Gasteiger partial charge on any atom is 0.407 e. The van der Waals surface area contributed by atoms with E-state index < -0.39 is 16.9 Å². The van der Waals surface area contributed by atoms with Crippen LogP contribution in [0.2, 0.25) is 0 Å². The molecular weight excluding hydrogens is 388 g/mol. The Morgan fingerprint density at radius 2 is 1.80 bits per heavy atom. The Morgan fingerprint density at radius 3 is 2.53 bits per heavy atom. The van der Waals surface area contributed by atoms with Gasteiger partial charge in [-0.3, -0.25) is 0 Å². The minimum absolute atomic E-state index is 0.0409. The van der Waals surface area contributed by atoms with E-state index in [-0.39, 0.29) is 19.8 Å². The second-order valence-electron chi connectivity index (χ2n) is 6.66. The zero-order valence-electron chi connectivity index (χ0n) is 16.6. The highest BCUT2D eigenvalue weighted by molar-refractivity contribution is 5.86. The Balaban J connectivity index is 1.49. The standard InChI is InChI=1S/C21H22N4O5/c1-15(2)20(26)29-13-11-22-21(27)30-12-10-16-8-9-18-19(14-16)24-25(28,23-18)17-6-4-3-5-7-17/h3-9,14,28H,1,10-13H2,2H3/p+1. The number of ether oxygens (including phenoxy) is 2. The summed E-state index contributed by atoms with van der Waals surface area (Å²) in [5, 5.41) is 22.9. The molecule has 1 aliphatic rings. The summed E-state index contributed by atoms with van der Waals surface area (Å²) in [4.78, 5) is 22.0. The van der Waals surface area contributed by atoms with Crippen LogP contribution in [0.5, 0.6) is 0 Å². The largest absolute Gasteiger partial charge is 0.460 e. The maximum atomic E-state index is 11.7. The van der Waals surface area contributed by atoms with E-state index in [1.54, 1.807) is 43.3 Å². The van der Waals surface area contributed by atoms with Crippen molar-refractivity contribution in [3.63, 3.8) is 0 Å². The van der Waals surface area contributed by atoms with Crippen LogP contribution in [-0.2, 0) is 20.7 Å². The van der Waals surface area contributed by atoms with E-state index in [0.717, 1.165) is 5.56 Å². The van der Waals surface area contributed by atoms with Gasteiger partial charge in [0, 0.05) is 24.1 Å². The number of hydrogen-bond donors (Lipinski definition) is 2. The average molecular weight is 411 g/mol. The average Bonchev–Trinajstić information content (AvgIpc) is 3.08. The van der Waals surface area contributed by atoms with Crippen molar-refractivity contribution in [3.05, 3.63) is 77.0 Å². The number of fused-ring (bicyclic) bond motifs is 1. The Morgan fingerprint density at radius 1 is 1.07 bits per heavy atom. The SMILES string of the molecule is C=C(C)C(=O)OCCNC(=O)OCCc1ccc2c(c1)=N[N+](O)(c1ccccc1)N=2. The normalized spacial score (nSPS) is 16.6. The summed E-state index contributed by atoms with van der Waals surface area (Å²) < 4.78 is 9.98. The molecule has 3 rings (SSSR count). The molecule has 0 fully saturated rings. The zero-order valence-corrected chi connectivity index (χ0v) is 16.6. The molecule has 1 unspecified atom stereocenters. The molecular formula is C21H23N4O5+. The zero-order chi connectivity index (χ0) is 21.6. The molecule has 0 aromatic heterocycles. The van der Waals surface area contributed by atoms with Crippen molar-refractivity contribution >= 4 is 17.7 Å². The molecule has 1 atom stereocenters. The molecule has 0 radical (unpaired) electrons. The van der Waals surface area contributed by atoms with Gasteiger partial charge in [-0.25, -0.2) is 9.59 Å². The van der Waals surface area contributed by atoms with E-state index in [9.17, 15) is 14.8 Å². The highest BCUT2D eigenvalue weighted by Crippen LogP contribution is 2.21. The molecule has 0 aliphatic carbocycles. The van der Waals surface area contributed by atoms with E-state index in [4.69, 9.17) is 9.47 Å². The van der Waals surface area contributed by atoms with Gasteiger partial charge in [0.25, 0.3) is 0 Å². The topological polar surface area (TPSA) is 110 Å². The summed E-state index contributed by atoms with van der Waals surface area (Å²) in [5.74, 6) is -0.503.